The Bertz CT molecular complexity index is 1080. The van der Waals surface area contributed by atoms with E-state index in [9.17, 15) is 10.1 Å². The number of thioether (sulfide) groups is 1. The Morgan fingerprint density at radius 3 is 2.68 bits per heavy atom. The second-order valence-electron chi connectivity index (χ2n) is 7.23. The lowest BCUT2D eigenvalue weighted by Crippen LogP contribution is -2.13. The summed E-state index contributed by atoms with van der Waals surface area (Å²) in [6, 6.07) is 16.2. The van der Waals surface area contributed by atoms with Crippen molar-refractivity contribution in [2.45, 2.75) is 24.2 Å². The number of hydrogen-bond acceptors (Lipinski definition) is 5. The molecule has 140 valence electrons. The number of aromatic nitrogens is 1. The maximum atomic E-state index is 11.7. The molecular formula is C23H20N2O2S. The van der Waals surface area contributed by atoms with E-state index in [4.69, 9.17) is 4.74 Å². The first kappa shape index (κ1) is 18.5. The standard InChI is InChI=1S/C23H20N2O2S/c1-27-22(26)12-23(9-10-23)15-28-21-8-11-25-14-20(21)19-7-6-16(13-24)17-4-2-3-5-18(17)19/h2-8,11,14H,9-10,12,15H2,1H3. The molecule has 4 rings (SSSR count). The van der Waals surface area contributed by atoms with Crippen molar-refractivity contribution in [1.82, 2.24) is 4.98 Å². The van der Waals surface area contributed by atoms with Crippen LogP contribution in [0.1, 0.15) is 24.8 Å². The Balaban J connectivity index is 1.67. The topological polar surface area (TPSA) is 63.0 Å². The second kappa shape index (κ2) is 7.65. The summed E-state index contributed by atoms with van der Waals surface area (Å²) < 4.78 is 4.86. The number of carbonyl (C=O) groups is 1. The van der Waals surface area contributed by atoms with Gasteiger partial charge < -0.3 is 4.74 Å². The molecular weight excluding hydrogens is 368 g/mol. The summed E-state index contributed by atoms with van der Waals surface area (Å²) in [5.41, 5.74) is 2.86. The molecule has 1 aliphatic carbocycles. The summed E-state index contributed by atoms with van der Waals surface area (Å²) in [7, 11) is 1.45. The molecule has 0 saturated heterocycles. The normalized spacial score (nSPS) is 14.4. The van der Waals surface area contributed by atoms with Crippen LogP contribution in [0.25, 0.3) is 21.9 Å². The molecule has 0 aliphatic heterocycles. The highest BCUT2D eigenvalue weighted by Gasteiger charge is 2.44. The van der Waals surface area contributed by atoms with Crippen molar-refractivity contribution in [3.05, 3.63) is 60.4 Å². The third-order valence-corrected chi connectivity index (χ3v) is 6.78. The fraction of sp³-hybridized carbons (Fsp3) is 0.261. The summed E-state index contributed by atoms with van der Waals surface area (Å²) in [5, 5.41) is 11.4. The number of esters is 1. The van der Waals surface area contributed by atoms with E-state index in [1.807, 2.05) is 48.7 Å². The summed E-state index contributed by atoms with van der Waals surface area (Å²) in [5.74, 6) is 0.749. The van der Waals surface area contributed by atoms with Crippen molar-refractivity contribution >= 4 is 28.5 Å². The summed E-state index contributed by atoms with van der Waals surface area (Å²) >= 11 is 1.77. The first-order chi connectivity index (χ1) is 13.7. The van der Waals surface area contributed by atoms with Crippen LogP contribution in [0.15, 0.2) is 59.8 Å². The molecule has 1 aromatic heterocycles. The minimum atomic E-state index is -0.133. The van der Waals surface area contributed by atoms with Gasteiger partial charge in [0.25, 0.3) is 0 Å². The smallest absolute Gasteiger partial charge is 0.306 e. The molecule has 0 unspecified atom stereocenters. The van der Waals surface area contributed by atoms with E-state index in [-0.39, 0.29) is 11.4 Å². The summed E-state index contributed by atoms with van der Waals surface area (Å²) in [4.78, 5) is 17.2. The Morgan fingerprint density at radius 2 is 1.96 bits per heavy atom. The van der Waals surface area contributed by atoms with Crippen LogP contribution in [0.3, 0.4) is 0 Å². The zero-order valence-corrected chi connectivity index (χ0v) is 16.5. The first-order valence-corrected chi connectivity index (χ1v) is 10.2. The molecule has 0 bridgehead atoms. The van der Waals surface area contributed by atoms with Crippen LogP contribution < -0.4 is 0 Å². The number of rotatable bonds is 6. The van der Waals surface area contributed by atoms with Gasteiger partial charge in [-0.2, -0.15) is 5.26 Å². The number of hydrogen-bond donors (Lipinski definition) is 0. The van der Waals surface area contributed by atoms with E-state index in [1.54, 1.807) is 18.0 Å². The highest BCUT2D eigenvalue weighted by atomic mass is 32.2. The molecule has 0 radical (unpaired) electrons. The predicted octanol–water partition coefficient (Wildman–Crippen LogP) is 5.21. The number of nitrogens with zero attached hydrogens (tertiary/aromatic N) is 2. The Morgan fingerprint density at radius 1 is 1.18 bits per heavy atom. The molecule has 0 spiro atoms. The van der Waals surface area contributed by atoms with Gasteiger partial charge in [0.05, 0.1) is 25.2 Å². The quantitative estimate of drug-likeness (QED) is 0.428. The molecule has 1 saturated carbocycles. The average Bonchev–Trinajstić information content (AvgIpc) is 3.51. The van der Waals surface area contributed by atoms with Crippen LogP contribution in [0.5, 0.6) is 0 Å². The lowest BCUT2D eigenvalue weighted by Gasteiger charge is -2.16. The van der Waals surface area contributed by atoms with Crippen molar-refractivity contribution in [2.24, 2.45) is 5.41 Å². The molecule has 0 atom stereocenters. The van der Waals surface area contributed by atoms with Crippen molar-refractivity contribution in [3.63, 3.8) is 0 Å². The van der Waals surface area contributed by atoms with E-state index < -0.39 is 0 Å². The lowest BCUT2D eigenvalue weighted by atomic mass is 9.96. The van der Waals surface area contributed by atoms with Crippen LogP contribution in [0, 0.1) is 16.7 Å². The van der Waals surface area contributed by atoms with Crippen LogP contribution >= 0.6 is 11.8 Å². The number of fused-ring (bicyclic) bond motifs is 1. The SMILES string of the molecule is COC(=O)CC1(CSc2ccncc2-c2ccc(C#N)c3ccccc23)CC1. The minimum absolute atomic E-state index is 0.0605. The summed E-state index contributed by atoms with van der Waals surface area (Å²) in [6.07, 6.45) is 6.30. The van der Waals surface area contributed by atoms with Gasteiger partial charge in [-0.15, -0.1) is 11.8 Å². The maximum Gasteiger partial charge on any atom is 0.306 e. The van der Waals surface area contributed by atoms with Crippen LogP contribution in [0.2, 0.25) is 0 Å². The highest BCUT2D eigenvalue weighted by Crippen LogP contribution is 2.52. The molecule has 1 fully saturated rings. The van der Waals surface area contributed by atoms with Crippen molar-refractivity contribution < 1.29 is 9.53 Å². The zero-order chi connectivity index (χ0) is 19.6. The largest absolute Gasteiger partial charge is 0.469 e. The number of carbonyl (C=O) groups excluding carboxylic acids is 1. The Hall–Kier alpha value is -2.84. The van der Waals surface area contributed by atoms with E-state index in [2.05, 4.69) is 11.1 Å². The lowest BCUT2D eigenvalue weighted by molar-refractivity contribution is -0.141. The van der Waals surface area contributed by atoms with E-state index in [0.717, 1.165) is 45.4 Å². The molecule has 1 heterocycles. The fourth-order valence-electron chi connectivity index (χ4n) is 3.50. The number of methoxy groups -OCH3 is 1. The number of nitriles is 1. The van der Waals surface area contributed by atoms with Crippen LogP contribution in [-0.4, -0.2) is 23.8 Å². The molecule has 5 heteroatoms. The number of ether oxygens (including phenoxy) is 1. The summed E-state index contributed by atoms with van der Waals surface area (Å²) in [6.45, 7) is 0. The third-order valence-electron chi connectivity index (χ3n) is 5.35. The minimum Gasteiger partial charge on any atom is -0.469 e. The molecule has 28 heavy (non-hydrogen) atoms. The second-order valence-corrected chi connectivity index (χ2v) is 8.25. The zero-order valence-electron chi connectivity index (χ0n) is 15.6. The van der Waals surface area contributed by atoms with E-state index in [1.165, 1.54) is 7.11 Å². The van der Waals surface area contributed by atoms with Gasteiger partial charge in [-0.05, 0) is 41.3 Å². The fourth-order valence-corrected chi connectivity index (χ4v) is 4.83. The van der Waals surface area contributed by atoms with Gasteiger partial charge in [0.2, 0.25) is 0 Å². The Kier molecular flexibility index (Phi) is 5.06. The van der Waals surface area contributed by atoms with Crippen LogP contribution in [0.4, 0.5) is 0 Å². The molecule has 3 aromatic rings. The van der Waals surface area contributed by atoms with Crippen LogP contribution in [-0.2, 0) is 9.53 Å². The van der Waals surface area contributed by atoms with E-state index >= 15 is 0 Å². The van der Waals surface area contributed by atoms with Gasteiger partial charge in [-0.25, -0.2) is 0 Å². The van der Waals surface area contributed by atoms with E-state index in [0.29, 0.717) is 12.0 Å². The van der Waals surface area contributed by atoms with Crippen molar-refractivity contribution in [1.29, 1.82) is 5.26 Å². The van der Waals surface area contributed by atoms with Gasteiger partial charge in [-0.1, -0.05) is 30.3 Å². The van der Waals surface area contributed by atoms with Gasteiger partial charge in [0.15, 0.2) is 0 Å². The predicted molar refractivity (Wildman–Crippen MR) is 111 cm³/mol. The highest BCUT2D eigenvalue weighted by molar-refractivity contribution is 7.99. The number of benzene rings is 2. The van der Waals surface area contributed by atoms with Gasteiger partial charge in [0, 0.05) is 34.0 Å². The first-order valence-electron chi connectivity index (χ1n) is 9.22. The third kappa shape index (κ3) is 3.61. The Labute approximate surface area is 168 Å². The van der Waals surface area contributed by atoms with Crippen molar-refractivity contribution in [3.8, 4) is 17.2 Å². The number of pyridine rings is 1. The van der Waals surface area contributed by atoms with Crippen molar-refractivity contribution in [2.75, 3.05) is 12.9 Å². The monoisotopic (exact) mass is 388 g/mol. The molecule has 4 nitrogen and oxygen atoms in total. The van der Waals surface area contributed by atoms with Gasteiger partial charge in [-0.3, -0.25) is 9.78 Å². The molecule has 0 N–H and O–H groups in total. The molecule has 0 amide bonds. The van der Waals surface area contributed by atoms with Gasteiger partial charge >= 0.3 is 5.97 Å². The average molecular weight is 388 g/mol. The molecule has 1 aliphatic rings. The molecule has 2 aromatic carbocycles. The maximum absolute atomic E-state index is 11.7. The van der Waals surface area contributed by atoms with Gasteiger partial charge in [0.1, 0.15) is 0 Å².